The molecule has 0 spiro atoms. The molecule has 0 atom stereocenters. The van der Waals surface area contributed by atoms with Crippen molar-refractivity contribution in [2.45, 2.75) is 20.3 Å². The van der Waals surface area contributed by atoms with Crippen LogP contribution in [0.3, 0.4) is 0 Å². The molecule has 0 unspecified atom stereocenters. The van der Waals surface area contributed by atoms with Gasteiger partial charge in [0.25, 0.3) is 0 Å². The minimum absolute atomic E-state index is 0.540. The zero-order valence-electron chi connectivity index (χ0n) is 9.37. The van der Waals surface area contributed by atoms with Gasteiger partial charge in [-0.25, -0.2) is 9.97 Å². The van der Waals surface area contributed by atoms with Crippen molar-refractivity contribution in [2.75, 3.05) is 0 Å². The molecule has 0 radical (unpaired) electrons. The molecule has 1 heterocycles. The molecule has 0 aliphatic carbocycles. The van der Waals surface area contributed by atoms with Crippen molar-refractivity contribution in [3.63, 3.8) is 0 Å². The normalized spacial score (nSPS) is 10.4. The average Bonchev–Trinajstić information content (AvgIpc) is 2.28. The first-order chi connectivity index (χ1) is 7.68. The van der Waals surface area contributed by atoms with Crippen LogP contribution in [0.1, 0.15) is 22.4 Å². The molecule has 0 amide bonds. The second kappa shape index (κ2) is 4.62. The molecule has 1 aromatic carbocycles. The minimum Gasteiger partial charge on any atom is -0.241 e. The van der Waals surface area contributed by atoms with Crippen molar-refractivity contribution < 1.29 is 0 Å². The van der Waals surface area contributed by atoms with E-state index in [-0.39, 0.29) is 0 Å². The summed E-state index contributed by atoms with van der Waals surface area (Å²) in [5.41, 5.74) is 4.51. The first-order valence-corrected chi connectivity index (χ1v) is 5.57. The van der Waals surface area contributed by atoms with E-state index >= 15 is 0 Å². The molecule has 0 saturated carbocycles. The lowest BCUT2D eigenvalue weighted by Gasteiger charge is -2.07. The topological polar surface area (TPSA) is 25.8 Å². The van der Waals surface area contributed by atoms with Gasteiger partial charge >= 0.3 is 0 Å². The van der Waals surface area contributed by atoms with Crippen LogP contribution in [-0.4, -0.2) is 9.97 Å². The lowest BCUT2D eigenvalue weighted by molar-refractivity contribution is 0.988. The second-order valence-corrected chi connectivity index (χ2v) is 4.20. The average molecular weight is 233 g/mol. The number of hydrogen-bond donors (Lipinski definition) is 0. The zero-order chi connectivity index (χ0) is 11.5. The Bertz CT molecular complexity index is 509. The quantitative estimate of drug-likeness (QED) is 0.743. The van der Waals surface area contributed by atoms with Crippen molar-refractivity contribution in [2.24, 2.45) is 0 Å². The SMILES string of the molecule is Cc1ccccc1Cc1ncnc(Cl)c1C. The number of rotatable bonds is 2. The molecule has 2 aromatic rings. The van der Waals surface area contributed by atoms with E-state index in [1.54, 1.807) is 0 Å². The Kier molecular flexibility index (Phi) is 3.20. The summed E-state index contributed by atoms with van der Waals surface area (Å²) in [6, 6.07) is 8.30. The van der Waals surface area contributed by atoms with E-state index in [1.807, 2.05) is 19.1 Å². The number of aryl methyl sites for hydroxylation is 1. The van der Waals surface area contributed by atoms with Crippen LogP contribution >= 0.6 is 11.6 Å². The summed E-state index contributed by atoms with van der Waals surface area (Å²) < 4.78 is 0. The van der Waals surface area contributed by atoms with Crippen molar-refractivity contribution in [1.82, 2.24) is 9.97 Å². The van der Waals surface area contributed by atoms with Gasteiger partial charge < -0.3 is 0 Å². The van der Waals surface area contributed by atoms with Crippen LogP contribution in [0.5, 0.6) is 0 Å². The van der Waals surface area contributed by atoms with Gasteiger partial charge in [-0.1, -0.05) is 35.9 Å². The summed E-state index contributed by atoms with van der Waals surface area (Å²) in [4.78, 5) is 8.24. The van der Waals surface area contributed by atoms with Gasteiger partial charge in [-0.05, 0) is 25.0 Å². The highest BCUT2D eigenvalue weighted by Gasteiger charge is 2.06. The Morgan fingerprint density at radius 1 is 1.12 bits per heavy atom. The van der Waals surface area contributed by atoms with Gasteiger partial charge in [-0.15, -0.1) is 0 Å². The van der Waals surface area contributed by atoms with Crippen molar-refractivity contribution in [1.29, 1.82) is 0 Å². The van der Waals surface area contributed by atoms with Gasteiger partial charge in [-0.2, -0.15) is 0 Å². The van der Waals surface area contributed by atoms with E-state index in [2.05, 4.69) is 29.0 Å². The molecule has 0 bridgehead atoms. The highest BCUT2D eigenvalue weighted by atomic mass is 35.5. The minimum atomic E-state index is 0.540. The van der Waals surface area contributed by atoms with E-state index in [4.69, 9.17) is 11.6 Å². The molecule has 16 heavy (non-hydrogen) atoms. The van der Waals surface area contributed by atoms with Gasteiger partial charge in [0.15, 0.2) is 0 Å². The standard InChI is InChI=1S/C13H13ClN2/c1-9-5-3-4-6-11(9)7-12-10(2)13(14)16-8-15-12/h3-6,8H,7H2,1-2H3. The van der Waals surface area contributed by atoms with E-state index in [9.17, 15) is 0 Å². The van der Waals surface area contributed by atoms with Gasteiger partial charge in [-0.3, -0.25) is 0 Å². The first kappa shape index (κ1) is 11.1. The van der Waals surface area contributed by atoms with Gasteiger partial charge in [0, 0.05) is 12.0 Å². The number of aromatic nitrogens is 2. The summed E-state index contributed by atoms with van der Waals surface area (Å²) in [5.74, 6) is 0. The van der Waals surface area contributed by atoms with Crippen molar-refractivity contribution in [3.8, 4) is 0 Å². The Labute approximate surface area is 100 Å². The second-order valence-electron chi connectivity index (χ2n) is 3.84. The van der Waals surface area contributed by atoms with E-state index < -0.39 is 0 Å². The highest BCUT2D eigenvalue weighted by Crippen LogP contribution is 2.18. The summed E-state index contributed by atoms with van der Waals surface area (Å²) in [7, 11) is 0. The van der Waals surface area contributed by atoms with Crippen LogP contribution in [0, 0.1) is 13.8 Å². The molecule has 2 rings (SSSR count). The molecule has 0 saturated heterocycles. The Morgan fingerprint density at radius 2 is 1.88 bits per heavy atom. The van der Waals surface area contributed by atoms with Crippen LogP contribution < -0.4 is 0 Å². The first-order valence-electron chi connectivity index (χ1n) is 5.19. The number of hydrogen-bond acceptors (Lipinski definition) is 2. The third kappa shape index (κ3) is 2.22. The third-order valence-corrected chi connectivity index (χ3v) is 3.13. The molecular formula is C13H13ClN2. The summed E-state index contributed by atoms with van der Waals surface area (Å²) in [5, 5.41) is 0.540. The van der Waals surface area contributed by atoms with Gasteiger partial charge in [0.05, 0.1) is 5.69 Å². The smallest absolute Gasteiger partial charge is 0.135 e. The lowest BCUT2D eigenvalue weighted by atomic mass is 10.0. The largest absolute Gasteiger partial charge is 0.241 e. The summed E-state index contributed by atoms with van der Waals surface area (Å²) in [6.07, 6.45) is 2.32. The molecule has 2 nitrogen and oxygen atoms in total. The Hall–Kier alpha value is -1.41. The molecule has 82 valence electrons. The number of halogens is 1. The molecule has 0 aliphatic heterocycles. The highest BCUT2D eigenvalue weighted by molar-refractivity contribution is 6.30. The zero-order valence-corrected chi connectivity index (χ0v) is 10.1. The third-order valence-electron chi connectivity index (χ3n) is 2.75. The monoisotopic (exact) mass is 232 g/mol. The van der Waals surface area contributed by atoms with Crippen LogP contribution in [0.25, 0.3) is 0 Å². The molecular weight excluding hydrogens is 220 g/mol. The van der Waals surface area contributed by atoms with Crippen LogP contribution in [-0.2, 0) is 6.42 Å². The van der Waals surface area contributed by atoms with Crippen LogP contribution in [0.15, 0.2) is 30.6 Å². The van der Waals surface area contributed by atoms with Gasteiger partial charge in [0.1, 0.15) is 11.5 Å². The Balaban J connectivity index is 2.35. The molecule has 0 aliphatic rings. The predicted octanol–water partition coefficient (Wildman–Crippen LogP) is 3.34. The molecule has 0 fully saturated rings. The maximum absolute atomic E-state index is 5.97. The Morgan fingerprint density at radius 3 is 2.62 bits per heavy atom. The van der Waals surface area contributed by atoms with Crippen molar-refractivity contribution in [3.05, 3.63) is 58.1 Å². The molecule has 3 heteroatoms. The summed E-state index contributed by atoms with van der Waals surface area (Å²) >= 11 is 5.97. The molecule has 0 N–H and O–H groups in total. The predicted molar refractivity (Wildman–Crippen MR) is 65.8 cm³/mol. The van der Waals surface area contributed by atoms with E-state index in [1.165, 1.54) is 17.5 Å². The summed E-state index contributed by atoms with van der Waals surface area (Å²) in [6.45, 7) is 4.06. The molecule has 1 aromatic heterocycles. The maximum atomic E-state index is 5.97. The lowest BCUT2D eigenvalue weighted by Crippen LogP contribution is -1.99. The van der Waals surface area contributed by atoms with E-state index in [0.717, 1.165) is 17.7 Å². The number of nitrogens with zero attached hydrogens (tertiary/aromatic N) is 2. The fourth-order valence-corrected chi connectivity index (χ4v) is 1.78. The maximum Gasteiger partial charge on any atom is 0.135 e. The fourth-order valence-electron chi connectivity index (χ4n) is 1.63. The number of benzene rings is 1. The van der Waals surface area contributed by atoms with E-state index in [0.29, 0.717) is 5.15 Å². The van der Waals surface area contributed by atoms with Crippen LogP contribution in [0.2, 0.25) is 5.15 Å². The van der Waals surface area contributed by atoms with Crippen LogP contribution in [0.4, 0.5) is 0 Å². The fraction of sp³-hybridized carbons (Fsp3) is 0.231. The van der Waals surface area contributed by atoms with Gasteiger partial charge in [0.2, 0.25) is 0 Å². The van der Waals surface area contributed by atoms with Crippen molar-refractivity contribution >= 4 is 11.6 Å².